The highest BCUT2D eigenvalue weighted by atomic mass is 35.5. The van der Waals surface area contributed by atoms with Crippen molar-refractivity contribution in [2.75, 3.05) is 31.3 Å². The van der Waals surface area contributed by atoms with Crippen LogP contribution in [0.5, 0.6) is 5.75 Å². The van der Waals surface area contributed by atoms with Gasteiger partial charge in [-0.05, 0) is 80.4 Å². The van der Waals surface area contributed by atoms with E-state index >= 15 is 0 Å². The molecule has 0 spiro atoms. The number of hydrogen-bond acceptors (Lipinski definition) is 5. The Morgan fingerprint density at radius 1 is 1.27 bits per heavy atom. The zero-order valence-electron chi connectivity index (χ0n) is 17.3. The standard InChI is InChI=1S/C22H28ClN3O3S/c1-3-30(28)21-7-5-17(23)12-16(21)14-25-22(27)15-4-6-19(20(13-15)29-2)26-18-8-10-24-11-9-18/h4-7,12-13,18,24,26H,3,8-11,14H2,1-2H3,(H,25,27). The number of amides is 1. The Labute approximate surface area is 185 Å². The fraction of sp³-hybridized carbons (Fsp3) is 0.409. The molecule has 3 rings (SSSR count). The van der Waals surface area contributed by atoms with Crippen LogP contribution >= 0.6 is 11.6 Å². The number of nitrogens with one attached hydrogen (secondary N) is 3. The first-order valence-corrected chi connectivity index (χ1v) is 11.8. The van der Waals surface area contributed by atoms with Crippen LogP contribution in [0.15, 0.2) is 41.3 Å². The molecule has 0 saturated carbocycles. The predicted octanol–water partition coefficient (Wildman–Crippen LogP) is 3.57. The number of ether oxygens (including phenoxy) is 1. The van der Waals surface area contributed by atoms with Crippen LogP contribution in [0, 0.1) is 0 Å². The van der Waals surface area contributed by atoms with Gasteiger partial charge in [-0.1, -0.05) is 11.6 Å². The van der Waals surface area contributed by atoms with Crippen LogP contribution in [0.25, 0.3) is 0 Å². The summed E-state index contributed by atoms with van der Waals surface area (Å²) in [6.07, 6.45) is 2.10. The first-order chi connectivity index (χ1) is 14.5. The third kappa shape index (κ3) is 5.82. The van der Waals surface area contributed by atoms with Crippen LogP contribution in [0.3, 0.4) is 0 Å². The molecule has 0 aliphatic carbocycles. The molecule has 0 bridgehead atoms. The third-order valence-electron chi connectivity index (χ3n) is 5.13. The lowest BCUT2D eigenvalue weighted by Crippen LogP contribution is -2.35. The minimum absolute atomic E-state index is 0.227. The van der Waals surface area contributed by atoms with Crippen molar-refractivity contribution < 1.29 is 14.1 Å². The lowest BCUT2D eigenvalue weighted by atomic mass is 10.1. The molecule has 2 aromatic carbocycles. The first-order valence-electron chi connectivity index (χ1n) is 10.1. The second-order valence-electron chi connectivity index (χ2n) is 7.15. The molecule has 1 atom stereocenters. The van der Waals surface area contributed by atoms with Crippen LogP contribution < -0.4 is 20.7 Å². The Morgan fingerprint density at radius 2 is 2.03 bits per heavy atom. The average molecular weight is 450 g/mol. The summed E-state index contributed by atoms with van der Waals surface area (Å²) in [5, 5.41) is 10.3. The quantitative estimate of drug-likeness (QED) is 0.536. The second kappa shape index (κ2) is 10.9. The molecular formula is C22H28ClN3O3S. The van der Waals surface area contributed by atoms with Gasteiger partial charge in [-0.2, -0.15) is 0 Å². The molecule has 2 aromatic rings. The molecule has 1 unspecified atom stereocenters. The van der Waals surface area contributed by atoms with Crippen molar-refractivity contribution >= 4 is 34.4 Å². The van der Waals surface area contributed by atoms with Gasteiger partial charge >= 0.3 is 0 Å². The SMILES string of the molecule is CC[S+]([O-])c1ccc(Cl)cc1CNC(=O)c1ccc(NC2CCNCC2)c(OC)c1. The van der Waals surface area contributed by atoms with Gasteiger partial charge in [0.2, 0.25) is 0 Å². The minimum Gasteiger partial charge on any atom is -0.611 e. The maximum absolute atomic E-state index is 12.7. The van der Waals surface area contributed by atoms with Crippen molar-refractivity contribution in [3.8, 4) is 5.75 Å². The summed E-state index contributed by atoms with van der Waals surface area (Å²) in [5.41, 5.74) is 2.14. The summed E-state index contributed by atoms with van der Waals surface area (Å²) in [6.45, 7) is 4.10. The van der Waals surface area contributed by atoms with Crippen molar-refractivity contribution in [3.05, 3.63) is 52.5 Å². The van der Waals surface area contributed by atoms with Crippen molar-refractivity contribution in [2.45, 2.75) is 37.2 Å². The fourth-order valence-corrected chi connectivity index (χ4v) is 4.63. The number of rotatable bonds is 8. The molecule has 162 valence electrons. The highest BCUT2D eigenvalue weighted by Crippen LogP contribution is 2.28. The van der Waals surface area contributed by atoms with E-state index in [2.05, 4.69) is 16.0 Å². The Morgan fingerprint density at radius 3 is 2.73 bits per heavy atom. The van der Waals surface area contributed by atoms with E-state index in [0.29, 0.717) is 33.0 Å². The van der Waals surface area contributed by atoms with Crippen LogP contribution in [0.2, 0.25) is 5.02 Å². The summed E-state index contributed by atoms with van der Waals surface area (Å²) < 4.78 is 17.8. The molecule has 30 heavy (non-hydrogen) atoms. The molecule has 1 aliphatic heterocycles. The number of piperidine rings is 1. The number of anilines is 1. The van der Waals surface area contributed by atoms with Crippen LogP contribution in [-0.2, 0) is 17.7 Å². The number of halogens is 1. The van der Waals surface area contributed by atoms with Gasteiger partial charge in [-0.15, -0.1) is 0 Å². The van der Waals surface area contributed by atoms with Crippen molar-refractivity contribution in [1.82, 2.24) is 10.6 Å². The molecule has 1 aliphatic rings. The number of benzene rings is 2. The number of methoxy groups -OCH3 is 1. The number of hydrogen-bond donors (Lipinski definition) is 3. The van der Waals surface area contributed by atoms with Gasteiger partial charge < -0.3 is 25.2 Å². The maximum atomic E-state index is 12.7. The molecule has 6 nitrogen and oxygen atoms in total. The van der Waals surface area contributed by atoms with Gasteiger partial charge in [-0.3, -0.25) is 4.79 Å². The summed E-state index contributed by atoms with van der Waals surface area (Å²) in [4.78, 5) is 13.4. The lowest BCUT2D eigenvalue weighted by Gasteiger charge is -2.25. The lowest BCUT2D eigenvalue weighted by molar-refractivity contribution is 0.0950. The van der Waals surface area contributed by atoms with Crippen molar-refractivity contribution in [3.63, 3.8) is 0 Å². The molecule has 8 heteroatoms. The molecular weight excluding hydrogens is 422 g/mol. The van der Waals surface area contributed by atoms with Gasteiger partial charge in [0, 0.05) is 28.7 Å². The maximum Gasteiger partial charge on any atom is 0.251 e. The van der Waals surface area contributed by atoms with E-state index < -0.39 is 11.2 Å². The highest BCUT2D eigenvalue weighted by molar-refractivity contribution is 7.91. The van der Waals surface area contributed by atoms with E-state index in [1.807, 2.05) is 13.0 Å². The third-order valence-corrected chi connectivity index (χ3v) is 6.78. The Balaban J connectivity index is 1.69. The van der Waals surface area contributed by atoms with Crippen molar-refractivity contribution in [1.29, 1.82) is 0 Å². The van der Waals surface area contributed by atoms with Gasteiger partial charge in [0.25, 0.3) is 5.91 Å². The second-order valence-corrected chi connectivity index (χ2v) is 9.30. The predicted molar refractivity (Wildman–Crippen MR) is 122 cm³/mol. The molecule has 0 aromatic heterocycles. The van der Waals surface area contributed by atoms with Crippen molar-refractivity contribution in [2.24, 2.45) is 0 Å². The molecule has 1 amide bonds. The normalized spacial score (nSPS) is 15.5. The summed E-state index contributed by atoms with van der Waals surface area (Å²) in [6, 6.07) is 11.0. The average Bonchev–Trinajstić information content (AvgIpc) is 2.78. The Kier molecular flexibility index (Phi) is 8.27. The zero-order valence-corrected chi connectivity index (χ0v) is 18.9. The van der Waals surface area contributed by atoms with E-state index in [0.717, 1.165) is 37.2 Å². The largest absolute Gasteiger partial charge is 0.611 e. The van der Waals surface area contributed by atoms with Crippen LogP contribution in [0.1, 0.15) is 35.7 Å². The van der Waals surface area contributed by atoms with E-state index in [1.54, 1.807) is 37.4 Å². The van der Waals surface area contributed by atoms with Gasteiger partial charge in [-0.25, -0.2) is 0 Å². The fourth-order valence-electron chi connectivity index (χ4n) is 3.48. The zero-order chi connectivity index (χ0) is 21.5. The smallest absolute Gasteiger partial charge is 0.251 e. The van der Waals surface area contributed by atoms with Crippen LogP contribution in [0.4, 0.5) is 5.69 Å². The van der Waals surface area contributed by atoms with Gasteiger partial charge in [0.15, 0.2) is 4.90 Å². The minimum atomic E-state index is -1.12. The van der Waals surface area contributed by atoms with Gasteiger partial charge in [0.05, 0.1) is 12.8 Å². The topological polar surface area (TPSA) is 85.5 Å². The van der Waals surface area contributed by atoms with E-state index in [9.17, 15) is 9.35 Å². The van der Waals surface area contributed by atoms with E-state index in [4.69, 9.17) is 16.3 Å². The highest BCUT2D eigenvalue weighted by Gasteiger charge is 2.18. The number of carbonyl (C=O) groups is 1. The summed E-state index contributed by atoms with van der Waals surface area (Å²) in [7, 11) is 1.60. The molecule has 1 fully saturated rings. The van der Waals surface area contributed by atoms with Gasteiger partial charge in [0.1, 0.15) is 11.5 Å². The molecule has 0 radical (unpaired) electrons. The summed E-state index contributed by atoms with van der Waals surface area (Å²) >= 11 is 4.97. The molecule has 3 N–H and O–H groups in total. The monoisotopic (exact) mass is 449 g/mol. The van der Waals surface area contributed by atoms with Crippen LogP contribution in [-0.4, -0.2) is 42.5 Å². The molecule has 1 heterocycles. The summed E-state index contributed by atoms with van der Waals surface area (Å²) in [5.74, 6) is 0.914. The first kappa shape index (κ1) is 22.7. The Bertz CT molecular complexity index is 875. The van der Waals surface area contributed by atoms with E-state index in [-0.39, 0.29) is 12.5 Å². The Hall–Kier alpha value is -1.93. The van der Waals surface area contributed by atoms with E-state index in [1.165, 1.54) is 0 Å². The number of carbonyl (C=O) groups excluding carboxylic acids is 1. The molecule has 1 saturated heterocycles.